The Morgan fingerprint density at radius 2 is 2.08 bits per heavy atom. The van der Waals surface area contributed by atoms with Crippen LogP contribution in [0.5, 0.6) is 0 Å². The van der Waals surface area contributed by atoms with E-state index in [0.717, 1.165) is 11.3 Å². The van der Waals surface area contributed by atoms with Gasteiger partial charge in [0.2, 0.25) is 0 Å². The fourth-order valence-corrected chi connectivity index (χ4v) is 1.74. The monoisotopic (exact) mass is 176 g/mol. The van der Waals surface area contributed by atoms with E-state index in [1.54, 1.807) is 0 Å². The highest BCUT2D eigenvalue weighted by atomic mass is 14.7. The van der Waals surface area contributed by atoms with Crippen molar-refractivity contribution in [2.45, 2.75) is 25.8 Å². The number of hydrogen-bond acceptors (Lipinski definition) is 2. The Bertz CT molecular complexity index is 316. The van der Waals surface area contributed by atoms with Crippen LogP contribution in [0.3, 0.4) is 0 Å². The Hall–Kier alpha value is -1.02. The van der Waals surface area contributed by atoms with E-state index in [0.29, 0.717) is 5.92 Å². The Labute approximate surface area is 78.9 Å². The van der Waals surface area contributed by atoms with Gasteiger partial charge in [-0.3, -0.25) is 0 Å². The standard InChI is InChI=1S/C11H16N2/c1-7-9(3-2-4-10(7)12)11(13)8-5-6-8/h2-4,8,11H,5-6,12-13H2,1H3. The van der Waals surface area contributed by atoms with Gasteiger partial charge in [-0.05, 0) is 42.9 Å². The van der Waals surface area contributed by atoms with E-state index in [4.69, 9.17) is 11.5 Å². The minimum Gasteiger partial charge on any atom is -0.399 e. The van der Waals surface area contributed by atoms with Crippen LogP contribution >= 0.6 is 0 Å². The lowest BCUT2D eigenvalue weighted by atomic mass is 9.97. The smallest absolute Gasteiger partial charge is 0.0347 e. The topological polar surface area (TPSA) is 52.0 Å². The van der Waals surface area contributed by atoms with E-state index in [1.807, 2.05) is 19.1 Å². The second-order valence-corrected chi connectivity index (χ2v) is 3.92. The van der Waals surface area contributed by atoms with Gasteiger partial charge in [-0.2, -0.15) is 0 Å². The highest BCUT2D eigenvalue weighted by Gasteiger charge is 2.30. The Morgan fingerprint density at radius 3 is 2.69 bits per heavy atom. The number of anilines is 1. The molecule has 0 spiro atoms. The zero-order valence-electron chi connectivity index (χ0n) is 7.96. The average Bonchev–Trinajstić information content (AvgIpc) is 2.91. The van der Waals surface area contributed by atoms with Crippen LogP contribution in [0.1, 0.15) is 30.0 Å². The van der Waals surface area contributed by atoms with Crippen molar-refractivity contribution < 1.29 is 0 Å². The molecule has 0 heterocycles. The summed E-state index contributed by atoms with van der Waals surface area (Å²) in [5.41, 5.74) is 15.2. The van der Waals surface area contributed by atoms with Crippen LogP contribution in [0.15, 0.2) is 18.2 Å². The molecule has 2 nitrogen and oxygen atoms in total. The lowest BCUT2D eigenvalue weighted by molar-refractivity contribution is 0.630. The van der Waals surface area contributed by atoms with Crippen molar-refractivity contribution in [3.63, 3.8) is 0 Å². The third kappa shape index (κ3) is 1.54. The van der Waals surface area contributed by atoms with Crippen LogP contribution in [-0.4, -0.2) is 0 Å². The zero-order chi connectivity index (χ0) is 9.42. The first kappa shape index (κ1) is 8.57. The third-order valence-corrected chi connectivity index (χ3v) is 2.91. The van der Waals surface area contributed by atoms with Crippen LogP contribution < -0.4 is 11.5 Å². The predicted octanol–water partition coefficient (Wildman–Crippen LogP) is 1.99. The van der Waals surface area contributed by atoms with E-state index in [-0.39, 0.29) is 6.04 Å². The third-order valence-electron chi connectivity index (χ3n) is 2.91. The minimum atomic E-state index is 0.198. The zero-order valence-corrected chi connectivity index (χ0v) is 7.96. The molecule has 1 aliphatic rings. The first-order chi connectivity index (χ1) is 6.20. The molecule has 1 aromatic carbocycles. The quantitative estimate of drug-likeness (QED) is 0.677. The van der Waals surface area contributed by atoms with E-state index in [2.05, 4.69) is 6.07 Å². The summed E-state index contributed by atoms with van der Waals surface area (Å²) in [5, 5.41) is 0. The summed E-state index contributed by atoms with van der Waals surface area (Å²) in [6, 6.07) is 6.20. The molecule has 1 unspecified atom stereocenters. The molecule has 1 saturated carbocycles. The van der Waals surface area contributed by atoms with Gasteiger partial charge in [-0.15, -0.1) is 0 Å². The Morgan fingerprint density at radius 1 is 1.38 bits per heavy atom. The Kier molecular flexibility index (Phi) is 2.00. The van der Waals surface area contributed by atoms with E-state index in [9.17, 15) is 0 Å². The molecule has 0 bridgehead atoms. The molecule has 2 heteroatoms. The molecule has 0 radical (unpaired) electrons. The number of benzene rings is 1. The van der Waals surface area contributed by atoms with Crippen LogP contribution in [0, 0.1) is 12.8 Å². The lowest BCUT2D eigenvalue weighted by Crippen LogP contribution is -2.14. The SMILES string of the molecule is Cc1c(N)cccc1C(N)C1CC1. The normalized spacial score (nSPS) is 18.6. The largest absolute Gasteiger partial charge is 0.399 e. The number of hydrogen-bond donors (Lipinski definition) is 2. The fourth-order valence-electron chi connectivity index (χ4n) is 1.74. The summed E-state index contributed by atoms with van der Waals surface area (Å²) < 4.78 is 0. The van der Waals surface area contributed by atoms with Crippen molar-refractivity contribution >= 4 is 5.69 Å². The van der Waals surface area contributed by atoms with Gasteiger partial charge in [0, 0.05) is 11.7 Å². The fraction of sp³-hybridized carbons (Fsp3) is 0.455. The summed E-state index contributed by atoms with van der Waals surface area (Å²) in [7, 11) is 0. The molecule has 1 aliphatic carbocycles. The summed E-state index contributed by atoms with van der Waals surface area (Å²) in [6.45, 7) is 2.05. The lowest BCUT2D eigenvalue weighted by Gasteiger charge is -2.14. The average molecular weight is 176 g/mol. The second-order valence-electron chi connectivity index (χ2n) is 3.92. The number of nitrogens with two attached hydrogens (primary N) is 2. The van der Waals surface area contributed by atoms with Gasteiger partial charge in [-0.1, -0.05) is 12.1 Å². The summed E-state index contributed by atoms with van der Waals surface area (Å²) in [4.78, 5) is 0. The van der Waals surface area contributed by atoms with Gasteiger partial charge < -0.3 is 11.5 Å². The van der Waals surface area contributed by atoms with Crippen molar-refractivity contribution in [3.8, 4) is 0 Å². The van der Waals surface area contributed by atoms with Gasteiger partial charge in [0.05, 0.1) is 0 Å². The molecule has 0 aromatic heterocycles. The molecular formula is C11H16N2. The molecule has 2 rings (SSSR count). The number of nitrogen functional groups attached to an aromatic ring is 1. The highest BCUT2D eigenvalue weighted by molar-refractivity contribution is 5.51. The van der Waals surface area contributed by atoms with E-state index < -0.39 is 0 Å². The van der Waals surface area contributed by atoms with Crippen molar-refractivity contribution in [2.75, 3.05) is 5.73 Å². The molecular weight excluding hydrogens is 160 g/mol. The van der Waals surface area contributed by atoms with E-state index >= 15 is 0 Å². The van der Waals surface area contributed by atoms with Crippen LogP contribution in [0.25, 0.3) is 0 Å². The molecule has 4 N–H and O–H groups in total. The van der Waals surface area contributed by atoms with Crippen molar-refractivity contribution in [1.29, 1.82) is 0 Å². The molecule has 13 heavy (non-hydrogen) atoms. The maximum absolute atomic E-state index is 6.11. The molecule has 0 aliphatic heterocycles. The molecule has 70 valence electrons. The van der Waals surface area contributed by atoms with E-state index in [1.165, 1.54) is 18.4 Å². The molecule has 0 amide bonds. The van der Waals surface area contributed by atoms with Crippen molar-refractivity contribution in [1.82, 2.24) is 0 Å². The van der Waals surface area contributed by atoms with Crippen LogP contribution in [0.4, 0.5) is 5.69 Å². The van der Waals surface area contributed by atoms with Crippen molar-refractivity contribution in [3.05, 3.63) is 29.3 Å². The molecule has 0 saturated heterocycles. The maximum atomic E-state index is 6.11. The van der Waals surface area contributed by atoms with Gasteiger partial charge >= 0.3 is 0 Å². The first-order valence-corrected chi connectivity index (χ1v) is 4.80. The summed E-state index contributed by atoms with van der Waals surface area (Å²) in [5.74, 6) is 0.695. The molecule has 1 aromatic rings. The molecule has 1 fully saturated rings. The predicted molar refractivity (Wildman–Crippen MR) is 55.2 cm³/mol. The van der Waals surface area contributed by atoms with Gasteiger partial charge in [-0.25, -0.2) is 0 Å². The second kappa shape index (κ2) is 3.04. The summed E-state index contributed by atoms with van der Waals surface area (Å²) in [6.07, 6.45) is 2.55. The highest BCUT2D eigenvalue weighted by Crippen LogP contribution is 2.40. The van der Waals surface area contributed by atoms with Crippen molar-refractivity contribution in [2.24, 2.45) is 11.7 Å². The number of rotatable bonds is 2. The van der Waals surface area contributed by atoms with Gasteiger partial charge in [0.1, 0.15) is 0 Å². The first-order valence-electron chi connectivity index (χ1n) is 4.80. The van der Waals surface area contributed by atoms with Gasteiger partial charge in [0.25, 0.3) is 0 Å². The molecule has 1 atom stereocenters. The Balaban J connectivity index is 2.32. The maximum Gasteiger partial charge on any atom is 0.0347 e. The van der Waals surface area contributed by atoms with Crippen LogP contribution in [0.2, 0.25) is 0 Å². The van der Waals surface area contributed by atoms with Crippen LogP contribution in [-0.2, 0) is 0 Å². The van der Waals surface area contributed by atoms with Gasteiger partial charge in [0.15, 0.2) is 0 Å². The summed E-state index contributed by atoms with van der Waals surface area (Å²) >= 11 is 0. The minimum absolute atomic E-state index is 0.198.